The number of fused-ring (bicyclic) bond motifs is 7. The van der Waals surface area contributed by atoms with Gasteiger partial charge >= 0.3 is 0 Å². The number of aliphatic hydroxyl groups is 3. The molecule has 0 aromatic rings. The molecule has 1 unspecified atom stereocenters. The number of methoxy groups -OCH3 is 1. The Kier molecular flexibility index (Phi) is 8.49. The van der Waals surface area contributed by atoms with E-state index in [0.717, 1.165) is 12.8 Å². The molecule has 5 N–H and O–H groups in total. The Hall–Kier alpha value is -2.20. The van der Waals surface area contributed by atoms with E-state index in [0.29, 0.717) is 18.3 Å². The van der Waals surface area contributed by atoms with Crippen LogP contribution >= 0.6 is 11.6 Å². The van der Waals surface area contributed by atoms with Gasteiger partial charge in [-0.05, 0) is 92.1 Å². The molecule has 9 nitrogen and oxygen atoms in total. The summed E-state index contributed by atoms with van der Waals surface area (Å²) in [6.07, 6.45) is 6.94. The standard InChI is InChI=1S/C30H41ClN2O7/c1-13-11-17-18-12-15-7-8-19(34)25-29(38)27(33-30(25)39)20(35)9-10-32-21(36)6-4-5-16(15)23(18)28(37)26(31)24(17)22(13)14(2)40-3/h4,6-8,13-18,20,22-24,26-28,34-35,37H,5,9-12H2,1-3H3,(H,32,36)(H,33,39)/b6-4-,8-7+,25-19-/t13-,14?,15-,16+,17-,18-,20+,22+,23-,24-,26+,27+,28-/m1/s1. The summed E-state index contributed by atoms with van der Waals surface area (Å²) in [6.45, 7) is 4.42. The number of aliphatic hydroxyl groups excluding tert-OH is 3. The van der Waals surface area contributed by atoms with E-state index in [1.165, 1.54) is 12.2 Å². The fourth-order valence-corrected chi connectivity index (χ4v) is 9.24. The Labute approximate surface area is 240 Å². The molecule has 0 aromatic carbocycles. The Morgan fingerprint density at radius 1 is 1.07 bits per heavy atom. The first kappa shape index (κ1) is 29.3. The minimum atomic E-state index is -1.21. The van der Waals surface area contributed by atoms with Crippen LogP contribution in [-0.2, 0) is 19.1 Å². The van der Waals surface area contributed by atoms with E-state index in [9.17, 15) is 29.7 Å². The average Bonchev–Trinajstić information content (AvgIpc) is 3.55. The zero-order chi connectivity index (χ0) is 28.9. The van der Waals surface area contributed by atoms with Gasteiger partial charge in [0.05, 0.1) is 23.7 Å². The van der Waals surface area contributed by atoms with Gasteiger partial charge in [0.25, 0.3) is 5.91 Å². The number of halogens is 1. The number of hydrogen-bond donors (Lipinski definition) is 5. The zero-order valence-electron chi connectivity index (χ0n) is 23.2. The van der Waals surface area contributed by atoms with Gasteiger partial charge in [0.2, 0.25) is 5.91 Å². The van der Waals surface area contributed by atoms with Gasteiger partial charge in [-0.25, -0.2) is 0 Å². The highest BCUT2D eigenvalue weighted by atomic mass is 35.5. The topological polar surface area (TPSA) is 145 Å². The second-order valence-corrected chi connectivity index (χ2v) is 12.9. The minimum Gasteiger partial charge on any atom is -0.507 e. The summed E-state index contributed by atoms with van der Waals surface area (Å²) in [5.74, 6) is -1.12. The highest BCUT2D eigenvalue weighted by molar-refractivity contribution is 6.27. The second kappa shape index (κ2) is 11.6. The molecule has 5 rings (SSSR count). The predicted molar refractivity (Wildman–Crippen MR) is 148 cm³/mol. The Morgan fingerprint density at radius 2 is 1.80 bits per heavy atom. The fraction of sp³-hybridized carbons (Fsp3) is 0.700. The summed E-state index contributed by atoms with van der Waals surface area (Å²) < 4.78 is 5.73. The molecule has 2 aliphatic heterocycles. The fourth-order valence-electron chi connectivity index (χ4n) is 8.72. The lowest BCUT2D eigenvalue weighted by atomic mass is 9.63. The van der Waals surface area contributed by atoms with E-state index >= 15 is 0 Å². The van der Waals surface area contributed by atoms with Crippen molar-refractivity contribution in [2.24, 2.45) is 47.3 Å². The number of allylic oxidation sites excluding steroid dienone is 3. The largest absolute Gasteiger partial charge is 0.507 e. The average molecular weight is 577 g/mol. The van der Waals surface area contributed by atoms with E-state index in [-0.39, 0.29) is 66.1 Å². The van der Waals surface area contributed by atoms with Crippen molar-refractivity contribution in [1.82, 2.24) is 10.6 Å². The van der Waals surface area contributed by atoms with E-state index in [4.69, 9.17) is 16.3 Å². The van der Waals surface area contributed by atoms with Gasteiger partial charge in [0, 0.05) is 13.7 Å². The zero-order valence-corrected chi connectivity index (χ0v) is 24.0. The summed E-state index contributed by atoms with van der Waals surface area (Å²) in [4.78, 5) is 37.9. The highest BCUT2D eigenvalue weighted by Crippen LogP contribution is 2.62. The predicted octanol–water partition coefficient (Wildman–Crippen LogP) is 2.02. The molecular formula is C30H41ClN2O7. The van der Waals surface area contributed by atoms with Gasteiger partial charge in [-0.1, -0.05) is 19.1 Å². The molecule has 4 fully saturated rings. The van der Waals surface area contributed by atoms with E-state index in [1.807, 2.05) is 12.2 Å². The molecule has 0 radical (unpaired) electrons. The van der Waals surface area contributed by atoms with E-state index < -0.39 is 41.1 Å². The van der Waals surface area contributed by atoms with Crippen LogP contribution in [0.15, 0.2) is 35.6 Å². The summed E-state index contributed by atoms with van der Waals surface area (Å²) >= 11 is 7.06. The third kappa shape index (κ3) is 5.03. The van der Waals surface area contributed by atoms with Gasteiger partial charge in [0.1, 0.15) is 17.4 Å². The molecule has 40 heavy (non-hydrogen) atoms. The van der Waals surface area contributed by atoms with Crippen molar-refractivity contribution < 1.29 is 34.4 Å². The van der Waals surface area contributed by atoms with Crippen molar-refractivity contribution in [3.8, 4) is 0 Å². The van der Waals surface area contributed by atoms with Crippen molar-refractivity contribution in [3.05, 3.63) is 35.6 Å². The van der Waals surface area contributed by atoms with Gasteiger partial charge in [-0.15, -0.1) is 11.6 Å². The number of amides is 2. The normalized spacial score (nSPS) is 48.0. The molecule has 2 heterocycles. The smallest absolute Gasteiger partial charge is 0.259 e. The van der Waals surface area contributed by atoms with Crippen LogP contribution in [0.5, 0.6) is 0 Å². The van der Waals surface area contributed by atoms with Crippen molar-refractivity contribution in [2.75, 3.05) is 13.7 Å². The quantitative estimate of drug-likeness (QED) is 0.250. The summed E-state index contributed by atoms with van der Waals surface area (Å²) in [7, 11) is 1.71. The summed E-state index contributed by atoms with van der Waals surface area (Å²) in [6, 6.07) is -1.18. The Balaban J connectivity index is 1.50. The van der Waals surface area contributed by atoms with Crippen LogP contribution in [-0.4, -0.2) is 76.3 Å². The number of rotatable bonds is 2. The maximum absolute atomic E-state index is 12.9. The third-order valence-electron chi connectivity index (χ3n) is 10.5. The number of carbonyl (C=O) groups excluding carboxylic acids is 3. The number of Topliss-reactive ketones (excluding diaryl/α,β-unsaturated/α-hetero) is 1. The first-order valence-corrected chi connectivity index (χ1v) is 14.9. The Morgan fingerprint density at radius 3 is 2.52 bits per heavy atom. The molecule has 0 aromatic heterocycles. The van der Waals surface area contributed by atoms with Crippen LogP contribution in [0.4, 0.5) is 0 Å². The molecule has 10 heteroatoms. The maximum Gasteiger partial charge on any atom is 0.259 e. The molecular weight excluding hydrogens is 536 g/mol. The van der Waals surface area contributed by atoms with Crippen LogP contribution < -0.4 is 10.6 Å². The van der Waals surface area contributed by atoms with E-state index in [2.05, 4.69) is 24.5 Å². The van der Waals surface area contributed by atoms with Crippen LogP contribution in [0.2, 0.25) is 0 Å². The number of hydrogen-bond acceptors (Lipinski definition) is 7. The minimum absolute atomic E-state index is 0.0213. The van der Waals surface area contributed by atoms with Gasteiger partial charge < -0.3 is 30.7 Å². The molecule has 3 aliphatic carbocycles. The van der Waals surface area contributed by atoms with Crippen molar-refractivity contribution in [3.63, 3.8) is 0 Å². The van der Waals surface area contributed by atoms with Crippen molar-refractivity contribution in [1.29, 1.82) is 0 Å². The van der Waals surface area contributed by atoms with E-state index in [1.54, 1.807) is 7.11 Å². The molecule has 5 aliphatic rings. The molecule has 0 spiro atoms. The number of carbonyl (C=O) groups is 3. The first-order chi connectivity index (χ1) is 19.0. The van der Waals surface area contributed by atoms with Gasteiger partial charge in [0.15, 0.2) is 5.78 Å². The second-order valence-electron chi connectivity index (χ2n) is 12.4. The maximum atomic E-state index is 12.9. The van der Waals surface area contributed by atoms with Crippen LogP contribution in [0, 0.1) is 47.3 Å². The van der Waals surface area contributed by atoms with Crippen LogP contribution in [0.1, 0.15) is 39.5 Å². The SMILES string of the molecule is COC(C)[C@H]1[C@@H]2[C@H](Cl)[C@H](O)[C@H]3[C@H](C[C@H]4/C=C/C(O)=C5/C(=O)N[C@H](C5=O)[C@@H](O)CCNC(=O)/C=C\C[C@H]34)[C@H]2C[C@H]1C. The lowest BCUT2D eigenvalue weighted by molar-refractivity contribution is -0.118. The number of nitrogens with one attached hydrogen (secondary N) is 2. The Bertz CT molecular complexity index is 1120. The number of ketones is 1. The number of ether oxygens (including phenoxy) is 1. The van der Waals surface area contributed by atoms with Gasteiger partial charge in [-0.3, -0.25) is 14.4 Å². The molecule has 1 saturated heterocycles. The van der Waals surface area contributed by atoms with Crippen molar-refractivity contribution >= 4 is 29.2 Å². The molecule has 2 amide bonds. The third-order valence-corrected chi connectivity index (χ3v) is 11.0. The summed E-state index contributed by atoms with van der Waals surface area (Å²) in [5.41, 5.74) is -0.370. The van der Waals surface area contributed by atoms with Crippen LogP contribution in [0.3, 0.4) is 0 Å². The number of alkyl halides is 1. The highest BCUT2D eigenvalue weighted by Gasteiger charge is 2.61. The van der Waals surface area contributed by atoms with Crippen LogP contribution in [0.25, 0.3) is 0 Å². The lowest BCUT2D eigenvalue weighted by Crippen LogP contribution is -2.51. The van der Waals surface area contributed by atoms with Crippen molar-refractivity contribution in [2.45, 2.75) is 69.3 Å². The lowest BCUT2D eigenvalue weighted by Gasteiger charge is -2.47. The van der Waals surface area contributed by atoms with Gasteiger partial charge in [-0.2, -0.15) is 0 Å². The molecule has 2 bridgehead atoms. The molecule has 220 valence electrons. The molecule has 13 atom stereocenters. The molecule has 3 saturated carbocycles. The monoisotopic (exact) mass is 576 g/mol. The first-order valence-electron chi connectivity index (χ1n) is 14.5. The summed E-state index contributed by atoms with van der Waals surface area (Å²) in [5, 5.41) is 37.6.